The maximum Gasteiger partial charge on any atom is 0.251 e. The standard InChI is InChI=1S/C21H21ClN4O2/c1-14-2-4-15(5-3-14)18-12-19-21(28)25(10-11-26(19)24-18)13-20(27)23-17-8-6-16(22)7-9-17/h2-11,18-19,24H,12-13H2,1H3,(H,23,27). The van der Waals surface area contributed by atoms with Crippen LogP contribution in [-0.4, -0.2) is 34.3 Å². The van der Waals surface area contributed by atoms with Crippen LogP contribution in [0, 0.1) is 6.92 Å². The molecule has 2 N–H and O–H groups in total. The third-order valence-corrected chi connectivity index (χ3v) is 5.25. The first kappa shape index (κ1) is 18.5. The summed E-state index contributed by atoms with van der Waals surface area (Å²) < 4.78 is 0. The highest BCUT2D eigenvalue weighted by Crippen LogP contribution is 2.30. The molecule has 0 aliphatic carbocycles. The van der Waals surface area contributed by atoms with E-state index in [0.717, 1.165) is 5.56 Å². The van der Waals surface area contributed by atoms with Crippen molar-refractivity contribution >= 4 is 29.1 Å². The van der Waals surface area contributed by atoms with Crippen LogP contribution in [-0.2, 0) is 9.59 Å². The van der Waals surface area contributed by atoms with E-state index in [1.54, 1.807) is 30.5 Å². The van der Waals surface area contributed by atoms with E-state index in [-0.39, 0.29) is 30.4 Å². The Balaban J connectivity index is 1.39. The van der Waals surface area contributed by atoms with Crippen molar-refractivity contribution in [3.8, 4) is 0 Å². The van der Waals surface area contributed by atoms with Gasteiger partial charge in [0.25, 0.3) is 5.91 Å². The number of carbonyl (C=O) groups is 2. The quantitative estimate of drug-likeness (QED) is 0.832. The van der Waals surface area contributed by atoms with Crippen molar-refractivity contribution in [1.29, 1.82) is 0 Å². The fourth-order valence-electron chi connectivity index (χ4n) is 3.47. The van der Waals surface area contributed by atoms with Crippen molar-refractivity contribution in [3.63, 3.8) is 0 Å². The minimum atomic E-state index is -0.320. The Morgan fingerprint density at radius 1 is 1.14 bits per heavy atom. The normalized spacial score (nSPS) is 21.0. The number of hydrogen-bond donors (Lipinski definition) is 2. The van der Waals surface area contributed by atoms with Gasteiger partial charge in [-0.1, -0.05) is 41.4 Å². The molecule has 2 unspecified atom stereocenters. The van der Waals surface area contributed by atoms with Gasteiger partial charge in [0.2, 0.25) is 5.91 Å². The molecule has 1 fully saturated rings. The fraction of sp³-hybridized carbons (Fsp3) is 0.238. The van der Waals surface area contributed by atoms with Gasteiger partial charge in [0.1, 0.15) is 12.6 Å². The Hall–Kier alpha value is -2.83. The molecule has 2 aliphatic heterocycles. The lowest BCUT2D eigenvalue weighted by atomic mass is 10.00. The maximum atomic E-state index is 12.9. The minimum Gasteiger partial charge on any atom is -0.325 e. The summed E-state index contributed by atoms with van der Waals surface area (Å²) in [5, 5.41) is 5.22. The van der Waals surface area contributed by atoms with Crippen molar-refractivity contribution < 1.29 is 9.59 Å². The summed E-state index contributed by atoms with van der Waals surface area (Å²) in [6.45, 7) is 2.02. The highest BCUT2D eigenvalue weighted by molar-refractivity contribution is 6.30. The first-order valence-electron chi connectivity index (χ1n) is 9.15. The van der Waals surface area contributed by atoms with Crippen LogP contribution in [0.4, 0.5) is 5.69 Å². The van der Waals surface area contributed by atoms with Gasteiger partial charge in [0.05, 0.1) is 6.04 Å². The first-order chi connectivity index (χ1) is 13.5. The number of fused-ring (bicyclic) bond motifs is 1. The van der Waals surface area contributed by atoms with Crippen molar-refractivity contribution in [1.82, 2.24) is 15.3 Å². The molecule has 0 saturated carbocycles. The smallest absolute Gasteiger partial charge is 0.251 e. The molecule has 2 atom stereocenters. The SMILES string of the molecule is Cc1ccc(C2CC3C(=O)N(CC(=O)Nc4ccc(Cl)cc4)C=CN3N2)cc1. The van der Waals surface area contributed by atoms with Gasteiger partial charge in [0, 0.05) is 23.1 Å². The maximum absolute atomic E-state index is 12.9. The van der Waals surface area contributed by atoms with Crippen molar-refractivity contribution in [3.05, 3.63) is 77.1 Å². The molecule has 144 valence electrons. The highest BCUT2D eigenvalue weighted by Gasteiger charge is 2.40. The van der Waals surface area contributed by atoms with E-state index in [2.05, 4.69) is 35.0 Å². The second kappa shape index (κ2) is 7.66. The Bertz CT molecular complexity index is 911. The lowest BCUT2D eigenvalue weighted by Crippen LogP contribution is -2.49. The van der Waals surface area contributed by atoms with Gasteiger partial charge in [-0.15, -0.1) is 0 Å². The number of hydrogen-bond acceptors (Lipinski definition) is 4. The Morgan fingerprint density at radius 2 is 1.86 bits per heavy atom. The van der Waals surface area contributed by atoms with Crippen LogP contribution in [0.1, 0.15) is 23.6 Å². The Kier molecular flexibility index (Phi) is 5.07. The summed E-state index contributed by atoms with van der Waals surface area (Å²) in [6, 6.07) is 14.9. The van der Waals surface area contributed by atoms with Gasteiger partial charge < -0.3 is 15.2 Å². The third-order valence-electron chi connectivity index (χ3n) is 5.00. The number of benzene rings is 2. The zero-order valence-electron chi connectivity index (χ0n) is 15.4. The molecule has 2 aliphatic rings. The number of aryl methyl sites for hydroxylation is 1. The van der Waals surface area contributed by atoms with Crippen molar-refractivity contribution in [2.24, 2.45) is 0 Å². The number of hydrazine groups is 1. The third kappa shape index (κ3) is 3.88. The summed E-state index contributed by atoms with van der Waals surface area (Å²) in [5.74, 6) is -0.342. The zero-order chi connectivity index (χ0) is 19.7. The summed E-state index contributed by atoms with van der Waals surface area (Å²) in [4.78, 5) is 26.6. The largest absolute Gasteiger partial charge is 0.325 e. The number of nitrogens with one attached hydrogen (secondary N) is 2. The van der Waals surface area contributed by atoms with Crippen LogP contribution in [0.25, 0.3) is 0 Å². The highest BCUT2D eigenvalue weighted by atomic mass is 35.5. The Labute approximate surface area is 168 Å². The molecule has 0 aromatic heterocycles. The van der Waals surface area contributed by atoms with E-state index >= 15 is 0 Å². The van der Waals surface area contributed by atoms with Gasteiger partial charge in [-0.3, -0.25) is 9.59 Å². The van der Waals surface area contributed by atoms with Gasteiger partial charge in [-0.05, 0) is 43.2 Å². The molecule has 2 aromatic carbocycles. The topological polar surface area (TPSA) is 64.7 Å². The monoisotopic (exact) mass is 396 g/mol. The predicted molar refractivity (Wildman–Crippen MR) is 108 cm³/mol. The number of carbonyl (C=O) groups excluding carboxylic acids is 2. The van der Waals surface area contributed by atoms with Crippen LogP contribution < -0.4 is 10.7 Å². The number of nitrogens with zero attached hydrogens (tertiary/aromatic N) is 2. The number of halogens is 1. The van der Waals surface area contributed by atoms with Crippen LogP contribution in [0.15, 0.2) is 60.9 Å². The van der Waals surface area contributed by atoms with Crippen LogP contribution in [0.5, 0.6) is 0 Å². The van der Waals surface area contributed by atoms with Gasteiger partial charge in [-0.2, -0.15) is 0 Å². The molecule has 0 radical (unpaired) electrons. The molecule has 1 saturated heterocycles. The molecule has 7 heteroatoms. The van der Waals surface area contributed by atoms with Crippen molar-refractivity contribution in [2.75, 3.05) is 11.9 Å². The van der Waals surface area contributed by atoms with E-state index in [4.69, 9.17) is 11.6 Å². The summed E-state index contributed by atoms with van der Waals surface area (Å²) >= 11 is 5.85. The molecule has 28 heavy (non-hydrogen) atoms. The predicted octanol–water partition coefficient (Wildman–Crippen LogP) is 3.22. The van der Waals surface area contributed by atoms with Gasteiger partial charge >= 0.3 is 0 Å². The van der Waals surface area contributed by atoms with Crippen LogP contribution in [0.3, 0.4) is 0 Å². The van der Waals surface area contributed by atoms with E-state index in [9.17, 15) is 9.59 Å². The lowest BCUT2D eigenvalue weighted by molar-refractivity contribution is -0.137. The molecule has 2 amide bonds. The van der Waals surface area contributed by atoms with Gasteiger partial charge in [-0.25, -0.2) is 5.43 Å². The first-order valence-corrected chi connectivity index (χ1v) is 9.53. The summed E-state index contributed by atoms with van der Waals surface area (Å²) in [7, 11) is 0. The molecule has 0 spiro atoms. The molecule has 0 bridgehead atoms. The fourth-order valence-corrected chi connectivity index (χ4v) is 3.60. The van der Waals surface area contributed by atoms with Gasteiger partial charge in [0.15, 0.2) is 0 Å². The number of amides is 2. The zero-order valence-corrected chi connectivity index (χ0v) is 16.2. The summed E-state index contributed by atoms with van der Waals surface area (Å²) in [5.41, 5.74) is 6.36. The summed E-state index contributed by atoms with van der Waals surface area (Å²) in [6.07, 6.45) is 4.11. The molecular formula is C21H21ClN4O2. The second-order valence-corrected chi connectivity index (χ2v) is 7.51. The van der Waals surface area contributed by atoms with Crippen LogP contribution >= 0.6 is 11.6 Å². The number of rotatable bonds is 4. The van der Waals surface area contributed by atoms with E-state index in [1.807, 2.05) is 18.1 Å². The van der Waals surface area contributed by atoms with Crippen molar-refractivity contribution in [2.45, 2.75) is 25.4 Å². The minimum absolute atomic E-state index is 0.0303. The average Bonchev–Trinajstić information content (AvgIpc) is 3.12. The molecule has 4 rings (SSSR count). The van der Waals surface area contributed by atoms with E-state index < -0.39 is 0 Å². The van der Waals surface area contributed by atoms with E-state index in [1.165, 1.54) is 10.5 Å². The average molecular weight is 397 g/mol. The number of anilines is 1. The van der Waals surface area contributed by atoms with E-state index in [0.29, 0.717) is 17.1 Å². The van der Waals surface area contributed by atoms with Crippen LogP contribution in [0.2, 0.25) is 5.02 Å². The Morgan fingerprint density at radius 3 is 2.57 bits per heavy atom. The molecule has 2 heterocycles. The molecular weight excluding hydrogens is 376 g/mol. The lowest BCUT2D eigenvalue weighted by Gasteiger charge is -2.31. The second-order valence-electron chi connectivity index (χ2n) is 7.07. The molecule has 6 nitrogen and oxygen atoms in total. The molecule has 2 aromatic rings.